The molecule has 0 unspecified atom stereocenters. The predicted octanol–water partition coefficient (Wildman–Crippen LogP) is 2.53. The SMILES string of the molecule is N#Cc1cnc(NCC2CCCCC2)c(N)c1. The van der Waals surface area contributed by atoms with Crippen LogP contribution in [0, 0.1) is 17.2 Å². The van der Waals surface area contributed by atoms with Crippen molar-refractivity contribution < 1.29 is 0 Å². The molecule has 2 rings (SSSR count). The first-order chi connectivity index (χ1) is 8.29. The molecule has 1 fully saturated rings. The molecule has 0 saturated heterocycles. The zero-order valence-corrected chi connectivity index (χ0v) is 9.95. The molecule has 0 aliphatic heterocycles. The van der Waals surface area contributed by atoms with Gasteiger partial charge in [0, 0.05) is 12.7 Å². The second-order valence-corrected chi connectivity index (χ2v) is 4.66. The number of hydrogen-bond donors (Lipinski definition) is 2. The first kappa shape index (κ1) is 11.7. The van der Waals surface area contributed by atoms with Crippen LogP contribution < -0.4 is 11.1 Å². The van der Waals surface area contributed by atoms with Crippen LogP contribution >= 0.6 is 0 Å². The summed E-state index contributed by atoms with van der Waals surface area (Å²) in [7, 11) is 0. The third kappa shape index (κ3) is 3.10. The van der Waals surface area contributed by atoms with Crippen molar-refractivity contribution in [2.45, 2.75) is 32.1 Å². The van der Waals surface area contributed by atoms with Gasteiger partial charge in [0.25, 0.3) is 0 Å². The molecule has 1 aliphatic carbocycles. The highest BCUT2D eigenvalue weighted by molar-refractivity contribution is 5.62. The van der Waals surface area contributed by atoms with Gasteiger partial charge in [0.2, 0.25) is 0 Å². The number of hydrogen-bond acceptors (Lipinski definition) is 4. The molecule has 3 N–H and O–H groups in total. The van der Waals surface area contributed by atoms with E-state index >= 15 is 0 Å². The average Bonchev–Trinajstić information content (AvgIpc) is 2.38. The molecule has 0 atom stereocenters. The summed E-state index contributed by atoms with van der Waals surface area (Å²) >= 11 is 0. The molecule has 17 heavy (non-hydrogen) atoms. The monoisotopic (exact) mass is 230 g/mol. The lowest BCUT2D eigenvalue weighted by molar-refractivity contribution is 0.373. The molecule has 1 aliphatic rings. The Bertz CT molecular complexity index is 416. The van der Waals surface area contributed by atoms with E-state index in [1.165, 1.54) is 32.1 Å². The predicted molar refractivity (Wildman–Crippen MR) is 68.4 cm³/mol. The minimum absolute atomic E-state index is 0.505. The zero-order chi connectivity index (χ0) is 12.1. The first-order valence-corrected chi connectivity index (χ1v) is 6.19. The summed E-state index contributed by atoms with van der Waals surface area (Å²) in [5, 5.41) is 12.0. The zero-order valence-electron chi connectivity index (χ0n) is 9.95. The summed E-state index contributed by atoms with van der Waals surface area (Å²) in [5.41, 5.74) is 6.90. The molecule has 0 aromatic carbocycles. The number of aromatic nitrogens is 1. The molecule has 0 radical (unpaired) electrons. The van der Waals surface area contributed by atoms with Crippen LogP contribution in [0.2, 0.25) is 0 Å². The fraction of sp³-hybridized carbons (Fsp3) is 0.538. The number of nitrogens with one attached hydrogen (secondary N) is 1. The van der Waals surface area contributed by atoms with E-state index < -0.39 is 0 Å². The maximum absolute atomic E-state index is 8.72. The maximum Gasteiger partial charge on any atom is 0.149 e. The molecule has 1 aromatic rings. The number of nitrogens with two attached hydrogens (primary N) is 1. The molecular weight excluding hydrogens is 212 g/mol. The van der Waals surface area contributed by atoms with Crippen molar-refractivity contribution in [2.24, 2.45) is 5.92 Å². The second-order valence-electron chi connectivity index (χ2n) is 4.66. The topological polar surface area (TPSA) is 74.7 Å². The summed E-state index contributed by atoms with van der Waals surface area (Å²) in [6.45, 7) is 0.934. The van der Waals surface area contributed by atoms with Crippen LogP contribution in [0.25, 0.3) is 0 Å². The van der Waals surface area contributed by atoms with Crippen molar-refractivity contribution >= 4 is 11.5 Å². The van der Waals surface area contributed by atoms with Gasteiger partial charge in [-0.1, -0.05) is 19.3 Å². The van der Waals surface area contributed by atoms with Crippen molar-refractivity contribution in [1.82, 2.24) is 4.98 Å². The van der Waals surface area contributed by atoms with Gasteiger partial charge in [-0.2, -0.15) is 5.26 Å². The van der Waals surface area contributed by atoms with Crippen molar-refractivity contribution in [3.8, 4) is 6.07 Å². The highest BCUT2D eigenvalue weighted by Gasteiger charge is 2.13. The lowest BCUT2D eigenvalue weighted by Gasteiger charge is -2.22. The Morgan fingerprint density at radius 3 is 2.82 bits per heavy atom. The van der Waals surface area contributed by atoms with Crippen LogP contribution in [0.5, 0.6) is 0 Å². The van der Waals surface area contributed by atoms with E-state index in [1.807, 2.05) is 6.07 Å². The smallest absolute Gasteiger partial charge is 0.149 e. The Hall–Kier alpha value is -1.76. The molecule has 1 saturated carbocycles. The van der Waals surface area contributed by atoms with E-state index in [2.05, 4.69) is 10.3 Å². The normalized spacial score (nSPS) is 16.4. The number of nitrogen functional groups attached to an aromatic ring is 1. The number of pyridine rings is 1. The van der Waals surface area contributed by atoms with Crippen LogP contribution in [-0.2, 0) is 0 Å². The summed E-state index contributed by atoms with van der Waals surface area (Å²) in [5.74, 6) is 1.44. The Labute approximate surface area is 102 Å². The highest BCUT2D eigenvalue weighted by Crippen LogP contribution is 2.24. The Balaban J connectivity index is 1.92. The van der Waals surface area contributed by atoms with Crippen molar-refractivity contribution in [1.29, 1.82) is 5.26 Å². The molecule has 0 spiro atoms. The van der Waals surface area contributed by atoms with Gasteiger partial charge < -0.3 is 11.1 Å². The molecular formula is C13H18N4. The molecule has 1 aromatic heterocycles. The number of anilines is 2. The molecule has 0 bridgehead atoms. The number of nitriles is 1. The molecule has 4 heteroatoms. The quantitative estimate of drug-likeness (QED) is 0.836. The molecule has 0 amide bonds. The lowest BCUT2D eigenvalue weighted by Crippen LogP contribution is -2.18. The average molecular weight is 230 g/mol. The van der Waals surface area contributed by atoms with Gasteiger partial charge >= 0.3 is 0 Å². The van der Waals surface area contributed by atoms with Gasteiger partial charge in [-0.05, 0) is 24.8 Å². The van der Waals surface area contributed by atoms with Gasteiger partial charge in [-0.15, -0.1) is 0 Å². The molecule has 90 valence electrons. The first-order valence-electron chi connectivity index (χ1n) is 6.19. The van der Waals surface area contributed by atoms with Crippen LogP contribution in [-0.4, -0.2) is 11.5 Å². The minimum atomic E-state index is 0.505. The summed E-state index contributed by atoms with van der Waals surface area (Å²) in [6, 6.07) is 3.69. The van der Waals surface area contributed by atoms with Crippen molar-refractivity contribution in [3.63, 3.8) is 0 Å². The number of rotatable bonds is 3. The standard InChI is InChI=1S/C13H18N4/c14-7-11-6-12(15)13(17-9-11)16-8-10-4-2-1-3-5-10/h6,9-10H,1-5,8,15H2,(H,16,17). The number of nitrogens with zero attached hydrogens (tertiary/aromatic N) is 2. The van der Waals surface area contributed by atoms with Crippen LogP contribution in [0.4, 0.5) is 11.5 Å². The van der Waals surface area contributed by atoms with Gasteiger partial charge in [-0.3, -0.25) is 0 Å². The van der Waals surface area contributed by atoms with Crippen LogP contribution in [0.15, 0.2) is 12.3 Å². The van der Waals surface area contributed by atoms with Gasteiger partial charge in [-0.25, -0.2) is 4.98 Å². The third-order valence-electron chi connectivity index (χ3n) is 3.33. The largest absolute Gasteiger partial charge is 0.396 e. The van der Waals surface area contributed by atoms with E-state index in [-0.39, 0.29) is 0 Å². The fourth-order valence-electron chi connectivity index (χ4n) is 2.32. The van der Waals surface area contributed by atoms with E-state index in [9.17, 15) is 0 Å². The van der Waals surface area contributed by atoms with E-state index in [0.29, 0.717) is 17.1 Å². The fourth-order valence-corrected chi connectivity index (χ4v) is 2.32. The van der Waals surface area contributed by atoms with E-state index in [1.54, 1.807) is 12.3 Å². The maximum atomic E-state index is 8.72. The molecule has 1 heterocycles. The Morgan fingerprint density at radius 1 is 1.41 bits per heavy atom. The van der Waals surface area contributed by atoms with Crippen molar-refractivity contribution in [2.75, 3.05) is 17.6 Å². The van der Waals surface area contributed by atoms with Crippen LogP contribution in [0.3, 0.4) is 0 Å². The second kappa shape index (κ2) is 5.53. The van der Waals surface area contributed by atoms with Crippen molar-refractivity contribution in [3.05, 3.63) is 17.8 Å². The summed E-state index contributed by atoms with van der Waals surface area (Å²) < 4.78 is 0. The van der Waals surface area contributed by atoms with Gasteiger partial charge in [0.1, 0.15) is 11.9 Å². The molecule has 4 nitrogen and oxygen atoms in total. The summed E-state index contributed by atoms with van der Waals surface area (Å²) in [6.07, 6.45) is 8.19. The van der Waals surface area contributed by atoms with Crippen LogP contribution in [0.1, 0.15) is 37.7 Å². The lowest BCUT2D eigenvalue weighted by atomic mass is 9.89. The van der Waals surface area contributed by atoms with E-state index in [4.69, 9.17) is 11.0 Å². The highest BCUT2D eigenvalue weighted by atomic mass is 15.0. The van der Waals surface area contributed by atoms with Gasteiger partial charge in [0.15, 0.2) is 0 Å². The minimum Gasteiger partial charge on any atom is -0.396 e. The van der Waals surface area contributed by atoms with Gasteiger partial charge in [0.05, 0.1) is 11.3 Å². The summed E-state index contributed by atoms with van der Waals surface area (Å²) in [4.78, 5) is 4.17. The third-order valence-corrected chi connectivity index (χ3v) is 3.33. The van der Waals surface area contributed by atoms with E-state index in [0.717, 1.165) is 12.5 Å². The Morgan fingerprint density at radius 2 is 2.18 bits per heavy atom. The Kier molecular flexibility index (Phi) is 3.81.